The fourth-order valence-electron chi connectivity index (χ4n) is 3.49. The van der Waals surface area contributed by atoms with Crippen molar-refractivity contribution in [1.82, 2.24) is 9.97 Å². The van der Waals surface area contributed by atoms with Crippen LogP contribution in [0.5, 0.6) is 11.6 Å². The number of aliphatic hydroxyl groups is 1. The molecule has 0 aliphatic heterocycles. The van der Waals surface area contributed by atoms with E-state index in [-0.39, 0.29) is 6.10 Å². The van der Waals surface area contributed by atoms with E-state index in [0.29, 0.717) is 11.8 Å². The number of nitrogens with zero attached hydrogens (tertiary/aromatic N) is 2. The van der Waals surface area contributed by atoms with E-state index in [1.54, 1.807) is 12.4 Å². The highest BCUT2D eigenvalue weighted by Gasteiger charge is 2.24. The van der Waals surface area contributed by atoms with Crippen LogP contribution in [-0.4, -0.2) is 21.2 Å². The second kappa shape index (κ2) is 8.18. The van der Waals surface area contributed by atoms with Crippen LogP contribution in [0.4, 0.5) is 11.5 Å². The number of ether oxygens (including phenoxy) is 1. The Morgan fingerprint density at radius 2 is 1.63 bits per heavy atom. The van der Waals surface area contributed by atoms with E-state index in [4.69, 9.17) is 4.74 Å². The summed E-state index contributed by atoms with van der Waals surface area (Å²) in [6.07, 6.45) is 6.97. The summed E-state index contributed by atoms with van der Waals surface area (Å²) in [7, 11) is 0. The maximum absolute atomic E-state index is 9.75. The molecule has 2 heterocycles. The van der Waals surface area contributed by atoms with Crippen molar-refractivity contribution in [3.63, 3.8) is 0 Å². The van der Waals surface area contributed by atoms with Crippen LogP contribution >= 0.6 is 0 Å². The van der Waals surface area contributed by atoms with Gasteiger partial charge >= 0.3 is 0 Å². The highest BCUT2D eigenvalue weighted by molar-refractivity contribution is 5.57. The topological polar surface area (TPSA) is 67.3 Å². The molecule has 1 aliphatic carbocycles. The molecule has 0 radical (unpaired) electrons. The van der Waals surface area contributed by atoms with Crippen molar-refractivity contribution in [3.05, 3.63) is 72.6 Å². The first-order valence-corrected chi connectivity index (χ1v) is 9.37. The maximum Gasteiger partial charge on any atom is 0.222 e. The van der Waals surface area contributed by atoms with E-state index in [0.717, 1.165) is 48.5 Å². The maximum atomic E-state index is 9.75. The van der Waals surface area contributed by atoms with Gasteiger partial charge in [-0.1, -0.05) is 12.1 Å². The number of pyridine rings is 2. The summed E-state index contributed by atoms with van der Waals surface area (Å²) in [4.78, 5) is 8.71. The van der Waals surface area contributed by atoms with Gasteiger partial charge in [-0.2, -0.15) is 0 Å². The molecular weight excluding hydrogens is 338 g/mol. The minimum Gasteiger partial charge on any atom is -0.439 e. The number of benzene rings is 1. The van der Waals surface area contributed by atoms with E-state index in [1.807, 2.05) is 48.5 Å². The van der Waals surface area contributed by atoms with Gasteiger partial charge in [-0.05, 0) is 74.1 Å². The van der Waals surface area contributed by atoms with Crippen molar-refractivity contribution >= 4 is 11.5 Å². The van der Waals surface area contributed by atoms with E-state index < -0.39 is 0 Å². The van der Waals surface area contributed by atoms with Gasteiger partial charge in [-0.25, -0.2) is 9.97 Å². The Balaban J connectivity index is 1.46. The number of hydrogen-bond acceptors (Lipinski definition) is 5. The van der Waals surface area contributed by atoms with Crippen LogP contribution < -0.4 is 10.1 Å². The zero-order chi connectivity index (χ0) is 18.5. The SMILES string of the molecule is O[C@H]1CC[C@@H](c2cccnc2Oc2ccc(Nc3ccccn3)cc2)CC1. The molecule has 2 N–H and O–H groups in total. The lowest BCUT2D eigenvalue weighted by Gasteiger charge is -2.26. The number of rotatable bonds is 5. The third-order valence-electron chi connectivity index (χ3n) is 4.94. The van der Waals surface area contributed by atoms with Gasteiger partial charge in [-0.3, -0.25) is 0 Å². The molecule has 3 aromatic rings. The van der Waals surface area contributed by atoms with Crippen molar-refractivity contribution < 1.29 is 9.84 Å². The first-order valence-electron chi connectivity index (χ1n) is 9.37. The van der Waals surface area contributed by atoms with Crippen LogP contribution in [0.3, 0.4) is 0 Å². The highest BCUT2D eigenvalue weighted by atomic mass is 16.5. The molecule has 5 nitrogen and oxygen atoms in total. The van der Waals surface area contributed by atoms with Gasteiger partial charge in [0.2, 0.25) is 5.88 Å². The van der Waals surface area contributed by atoms with Gasteiger partial charge in [0.05, 0.1) is 6.10 Å². The Bertz CT molecular complexity index is 860. The minimum absolute atomic E-state index is 0.165. The Morgan fingerprint density at radius 3 is 2.37 bits per heavy atom. The number of anilines is 2. The van der Waals surface area contributed by atoms with Crippen molar-refractivity contribution in [2.45, 2.75) is 37.7 Å². The summed E-state index contributed by atoms with van der Waals surface area (Å²) in [6, 6.07) is 17.6. The monoisotopic (exact) mass is 361 g/mol. The molecule has 138 valence electrons. The fraction of sp³-hybridized carbons (Fsp3) is 0.273. The number of nitrogens with one attached hydrogen (secondary N) is 1. The smallest absolute Gasteiger partial charge is 0.222 e. The normalized spacial score (nSPS) is 19.4. The summed E-state index contributed by atoms with van der Waals surface area (Å²) in [6.45, 7) is 0. The summed E-state index contributed by atoms with van der Waals surface area (Å²) in [5.74, 6) is 2.60. The van der Waals surface area contributed by atoms with Crippen LogP contribution in [0.25, 0.3) is 0 Å². The van der Waals surface area contributed by atoms with Crippen molar-refractivity contribution in [3.8, 4) is 11.6 Å². The van der Waals surface area contributed by atoms with Crippen LogP contribution in [0.1, 0.15) is 37.2 Å². The molecule has 0 amide bonds. The quantitative estimate of drug-likeness (QED) is 0.667. The largest absolute Gasteiger partial charge is 0.439 e. The molecule has 0 atom stereocenters. The predicted molar refractivity (Wildman–Crippen MR) is 105 cm³/mol. The minimum atomic E-state index is -0.165. The second-order valence-electron chi connectivity index (χ2n) is 6.87. The number of hydrogen-bond donors (Lipinski definition) is 2. The van der Waals surface area contributed by atoms with Gasteiger partial charge in [-0.15, -0.1) is 0 Å². The lowest BCUT2D eigenvalue weighted by atomic mass is 9.83. The third kappa shape index (κ3) is 4.44. The zero-order valence-corrected chi connectivity index (χ0v) is 15.1. The van der Waals surface area contributed by atoms with E-state index in [1.165, 1.54) is 0 Å². The zero-order valence-electron chi connectivity index (χ0n) is 15.1. The van der Waals surface area contributed by atoms with Crippen LogP contribution in [-0.2, 0) is 0 Å². The molecule has 0 spiro atoms. The summed E-state index contributed by atoms with van der Waals surface area (Å²) in [5.41, 5.74) is 2.07. The first kappa shape index (κ1) is 17.5. The molecule has 0 unspecified atom stereocenters. The first-order chi connectivity index (χ1) is 13.3. The predicted octanol–water partition coefficient (Wildman–Crippen LogP) is 5.03. The highest BCUT2D eigenvalue weighted by Crippen LogP contribution is 2.38. The van der Waals surface area contributed by atoms with Crippen LogP contribution in [0.15, 0.2) is 67.0 Å². The molecule has 1 aliphatic rings. The number of aromatic nitrogens is 2. The fourth-order valence-corrected chi connectivity index (χ4v) is 3.49. The average molecular weight is 361 g/mol. The Kier molecular flexibility index (Phi) is 5.30. The average Bonchev–Trinajstić information content (AvgIpc) is 2.71. The lowest BCUT2D eigenvalue weighted by molar-refractivity contribution is 0.122. The molecule has 27 heavy (non-hydrogen) atoms. The van der Waals surface area contributed by atoms with Crippen LogP contribution in [0.2, 0.25) is 0 Å². The second-order valence-corrected chi connectivity index (χ2v) is 6.87. The van der Waals surface area contributed by atoms with Gasteiger partial charge in [0.1, 0.15) is 11.6 Å². The van der Waals surface area contributed by atoms with Gasteiger partial charge in [0.15, 0.2) is 0 Å². The van der Waals surface area contributed by atoms with E-state index >= 15 is 0 Å². The lowest BCUT2D eigenvalue weighted by Crippen LogP contribution is -2.17. The summed E-state index contributed by atoms with van der Waals surface area (Å²) >= 11 is 0. The Labute approximate surface area is 159 Å². The van der Waals surface area contributed by atoms with E-state index in [9.17, 15) is 5.11 Å². The molecule has 4 rings (SSSR count). The molecule has 0 bridgehead atoms. The third-order valence-corrected chi connectivity index (χ3v) is 4.94. The molecule has 2 aromatic heterocycles. The van der Waals surface area contributed by atoms with E-state index in [2.05, 4.69) is 21.4 Å². The van der Waals surface area contributed by atoms with Gasteiger partial charge in [0.25, 0.3) is 0 Å². The molecule has 1 aromatic carbocycles. The molecule has 5 heteroatoms. The van der Waals surface area contributed by atoms with Gasteiger partial charge in [0, 0.05) is 23.6 Å². The molecule has 0 saturated heterocycles. The Morgan fingerprint density at radius 1 is 0.852 bits per heavy atom. The van der Waals surface area contributed by atoms with Gasteiger partial charge < -0.3 is 15.2 Å². The molecular formula is C22H23N3O2. The summed E-state index contributed by atoms with van der Waals surface area (Å²) < 4.78 is 6.08. The standard InChI is InChI=1S/C22H23N3O2/c26-18-10-6-16(7-11-18)20-4-3-15-24-22(20)27-19-12-8-17(9-13-19)25-21-5-1-2-14-23-21/h1-5,8-9,12-16,18,26H,6-7,10-11H2,(H,23,25)/t16-,18+. The van der Waals surface area contributed by atoms with Crippen molar-refractivity contribution in [2.75, 3.05) is 5.32 Å². The van der Waals surface area contributed by atoms with Crippen LogP contribution in [0, 0.1) is 0 Å². The number of aliphatic hydroxyl groups excluding tert-OH is 1. The Hall–Kier alpha value is -2.92. The van der Waals surface area contributed by atoms with Crippen molar-refractivity contribution in [1.29, 1.82) is 0 Å². The molecule has 1 fully saturated rings. The summed E-state index contributed by atoms with van der Waals surface area (Å²) in [5, 5.41) is 13.0. The van der Waals surface area contributed by atoms with Crippen molar-refractivity contribution in [2.24, 2.45) is 0 Å². The molecule has 1 saturated carbocycles.